The molecule has 1 rings (SSSR count). The smallest absolute Gasteiger partial charge is 0.0641 e. The van der Waals surface area contributed by atoms with Crippen LogP contribution in [-0.2, 0) is 0 Å². The van der Waals surface area contributed by atoms with E-state index in [1.807, 2.05) is 13.1 Å². The third kappa shape index (κ3) is 1.53. The molecule has 0 atom stereocenters. The van der Waals surface area contributed by atoms with E-state index >= 15 is 0 Å². The number of halogens is 1. The first-order valence-electron chi connectivity index (χ1n) is 2.23. The first-order chi connectivity index (χ1) is 3.79. The van der Waals surface area contributed by atoms with E-state index in [0.717, 1.165) is 9.90 Å². The molecule has 1 aromatic heterocycles. The van der Waals surface area contributed by atoms with Gasteiger partial charge < -0.3 is 0 Å². The average molecular weight is 190 g/mol. The van der Waals surface area contributed by atoms with Crippen LogP contribution in [0.15, 0.2) is 16.5 Å². The number of hydrogen-bond acceptors (Lipinski definition) is 1. The number of aromatic nitrogens is 1. The maximum absolute atomic E-state index is 4.08. The van der Waals surface area contributed by atoms with Gasteiger partial charge >= 0.3 is 0 Å². The van der Waals surface area contributed by atoms with Crippen LogP contribution in [0.1, 0.15) is 5.43 Å². The van der Waals surface area contributed by atoms with Crippen LogP contribution in [-0.4, -0.2) is 4.98 Å². The molecule has 0 N–H and O–H groups in total. The van der Waals surface area contributed by atoms with Gasteiger partial charge in [-0.25, -0.2) is 0 Å². The van der Waals surface area contributed by atoms with Crippen LogP contribution in [0.5, 0.6) is 0 Å². The maximum Gasteiger partial charge on any atom is 0.0641 e. The highest BCUT2D eigenvalue weighted by molar-refractivity contribution is 9.10. The van der Waals surface area contributed by atoms with Crippen LogP contribution in [0, 0.1) is 6.92 Å². The quantitative estimate of drug-likeness (QED) is 0.612. The molecule has 3 heteroatoms. The zero-order chi connectivity index (χ0) is 5.98. The summed E-state index contributed by atoms with van der Waals surface area (Å²) in [7, 11) is 1.20. The lowest BCUT2D eigenvalue weighted by atomic mass is 10.7. The van der Waals surface area contributed by atoms with Crippen molar-refractivity contribution in [1.29, 1.82) is 0 Å². The van der Waals surface area contributed by atoms with Crippen LogP contribution in [0.25, 0.3) is 0 Å². The molecule has 0 fully saturated rings. The standard InChI is InChI=1S/C5H5BrNP/c1-4-7-2-5(6)3-8-4/h2-3H,1H3. The molecule has 0 bridgehead atoms. The second-order valence-electron chi connectivity index (χ2n) is 1.45. The molecule has 0 aliphatic heterocycles. The lowest BCUT2D eigenvalue weighted by Gasteiger charge is -1.86. The molecule has 1 aromatic rings. The van der Waals surface area contributed by atoms with Crippen LogP contribution in [0.3, 0.4) is 0 Å². The topological polar surface area (TPSA) is 12.9 Å². The van der Waals surface area contributed by atoms with E-state index in [1.165, 1.54) is 8.19 Å². The molecule has 0 aliphatic rings. The molecule has 0 saturated heterocycles. The fraction of sp³-hybridized carbons (Fsp3) is 0.200. The van der Waals surface area contributed by atoms with Gasteiger partial charge in [-0.1, -0.05) is 8.19 Å². The Hall–Kier alpha value is 0.0600. The largest absolute Gasteiger partial charge is 0.256 e. The lowest BCUT2D eigenvalue weighted by molar-refractivity contribution is 1.26. The van der Waals surface area contributed by atoms with Crippen molar-refractivity contribution in [3.8, 4) is 0 Å². The Morgan fingerprint density at radius 3 is 2.88 bits per heavy atom. The van der Waals surface area contributed by atoms with E-state index < -0.39 is 0 Å². The van der Waals surface area contributed by atoms with Crippen LogP contribution in [0.2, 0.25) is 0 Å². The van der Waals surface area contributed by atoms with E-state index in [-0.39, 0.29) is 0 Å². The fourth-order valence-corrected chi connectivity index (χ4v) is 1.29. The van der Waals surface area contributed by atoms with Crippen LogP contribution in [0.4, 0.5) is 0 Å². The zero-order valence-corrected chi connectivity index (χ0v) is 6.91. The van der Waals surface area contributed by atoms with E-state index in [9.17, 15) is 0 Å². The van der Waals surface area contributed by atoms with Gasteiger partial charge in [-0.05, 0) is 28.7 Å². The van der Waals surface area contributed by atoms with Gasteiger partial charge in [0.05, 0.1) is 5.43 Å². The summed E-state index contributed by atoms with van der Waals surface area (Å²) >= 11 is 3.31. The Kier molecular flexibility index (Phi) is 1.98. The molecule has 8 heavy (non-hydrogen) atoms. The minimum absolute atomic E-state index is 1.07. The van der Waals surface area contributed by atoms with Gasteiger partial charge in [0.1, 0.15) is 0 Å². The van der Waals surface area contributed by atoms with Crippen molar-refractivity contribution in [1.82, 2.24) is 4.98 Å². The van der Waals surface area contributed by atoms with Gasteiger partial charge in [0.15, 0.2) is 0 Å². The summed E-state index contributed by atoms with van der Waals surface area (Å²) in [4.78, 5) is 4.08. The summed E-state index contributed by atoms with van der Waals surface area (Å²) < 4.78 is 1.07. The molecule has 0 unspecified atom stereocenters. The molecule has 42 valence electrons. The van der Waals surface area contributed by atoms with Gasteiger partial charge in [0.2, 0.25) is 0 Å². The predicted octanol–water partition coefficient (Wildman–Crippen LogP) is 2.73. The van der Waals surface area contributed by atoms with Crippen molar-refractivity contribution in [2.24, 2.45) is 0 Å². The third-order valence-electron chi connectivity index (χ3n) is 0.749. The summed E-state index contributed by atoms with van der Waals surface area (Å²) in [5.74, 6) is 2.07. The van der Waals surface area contributed by atoms with Gasteiger partial charge in [-0.2, -0.15) is 0 Å². The van der Waals surface area contributed by atoms with E-state index in [1.54, 1.807) is 0 Å². The minimum Gasteiger partial charge on any atom is -0.256 e. The van der Waals surface area contributed by atoms with Gasteiger partial charge in [-0.3, -0.25) is 4.98 Å². The molecule has 0 radical (unpaired) electrons. The van der Waals surface area contributed by atoms with Crippen LogP contribution >= 0.6 is 24.1 Å². The summed E-state index contributed by atoms with van der Waals surface area (Å²) in [5, 5.41) is 0. The number of nitrogens with zero attached hydrogens (tertiary/aromatic N) is 1. The van der Waals surface area contributed by atoms with Gasteiger partial charge in [0, 0.05) is 10.7 Å². The van der Waals surface area contributed by atoms with Crippen molar-refractivity contribution in [2.75, 3.05) is 0 Å². The SMILES string of the molecule is Cc1ncc(Br)cp1. The Balaban J connectivity index is 3.03. The summed E-state index contributed by atoms with van der Waals surface area (Å²) in [6, 6.07) is 0. The van der Waals surface area contributed by atoms with E-state index in [4.69, 9.17) is 0 Å². The van der Waals surface area contributed by atoms with Crippen molar-refractivity contribution in [3.63, 3.8) is 0 Å². The van der Waals surface area contributed by atoms with E-state index in [2.05, 4.69) is 26.7 Å². The fourth-order valence-electron chi connectivity index (χ4n) is 0.377. The highest BCUT2D eigenvalue weighted by atomic mass is 79.9. The monoisotopic (exact) mass is 189 g/mol. The molecule has 0 aliphatic carbocycles. The molecule has 0 aromatic carbocycles. The predicted molar refractivity (Wildman–Crippen MR) is 39.2 cm³/mol. The summed E-state index contributed by atoms with van der Waals surface area (Å²) in [5.41, 5.74) is 1.15. The van der Waals surface area contributed by atoms with Crippen molar-refractivity contribution in [2.45, 2.75) is 6.92 Å². The van der Waals surface area contributed by atoms with Crippen molar-refractivity contribution >= 4 is 24.1 Å². The molecule has 0 amide bonds. The molecule has 0 saturated carbocycles. The Labute approximate surface area is 58.4 Å². The molecular weight excluding hydrogens is 185 g/mol. The first kappa shape index (κ1) is 6.18. The average Bonchev–Trinajstić information content (AvgIpc) is 1.77. The van der Waals surface area contributed by atoms with Crippen LogP contribution < -0.4 is 0 Å². The third-order valence-corrected chi connectivity index (χ3v) is 2.43. The van der Waals surface area contributed by atoms with Crippen molar-refractivity contribution < 1.29 is 0 Å². The molecule has 0 spiro atoms. The normalized spacial score (nSPS) is 10.2. The van der Waals surface area contributed by atoms with E-state index in [0.29, 0.717) is 0 Å². The second kappa shape index (κ2) is 2.56. The zero-order valence-electron chi connectivity index (χ0n) is 4.43. The van der Waals surface area contributed by atoms with Gasteiger partial charge in [-0.15, -0.1) is 0 Å². The molecular formula is C5H5BrNP. The first-order valence-corrected chi connectivity index (χ1v) is 3.99. The lowest BCUT2D eigenvalue weighted by Crippen LogP contribution is -1.69. The highest BCUT2D eigenvalue weighted by Gasteiger charge is 1.83. The number of hydrogen-bond donors (Lipinski definition) is 0. The van der Waals surface area contributed by atoms with Gasteiger partial charge in [0.25, 0.3) is 0 Å². The molecule has 1 heterocycles. The maximum atomic E-state index is 4.08. The molecule has 1 nitrogen and oxygen atoms in total. The Bertz CT molecular complexity index is 151. The second-order valence-corrected chi connectivity index (χ2v) is 3.53. The number of rotatable bonds is 0. The Morgan fingerprint density at radius 2 is 2.50 bits per heavy atom. The number of aryl methyl sites for hydroxylation is 1. The minimum atomic E-state index is 1.07. The van der Waals surface area contributed by atoms with Crippen molar-refractivity contribution in [3.05, 3.63) is 21.9 Å². The Morgan fingerprint density at radius 1 is 1.75 bits per heavy atom. The summed E-state index contributed by atoms with van der Waals surface area (Å²) in [6.45, 7) is 2.01. The summed E-state index contributed by atoms with van der Waals surface area (Å²) in [6.07, 6.45) is 1.81. The highest BCUT2D eigenvalue weighted by Crippen LogP contribution is 2.15.